The van der Waals surface area contributed by atoms with Gasteiger partial charge in [-0.3, -0.25) is 9.20 Å². The van der Waals surface area contributed by atoms with Gasteiger partial charge in [0.05, 0.1) is 12.2 Å². The number of hydrogen-bond acceptors (Lipinski definition) is 3. The highest BCUT2D eigenvalue weighted by Crippen LogP contribution is 2.23. The van der Waals surface area contributed by atoms with Crippen molar-refractivity contribution in [1.29, 1.82) is 0 Å². The maximum absolute atomic E-state index is 12.5. The predicted octanol–water partition coefficient (Wildman–Crippen LogP) is 2.29. The van der Waals surface area contributed by atoms with E-state index in [0.29, 0.717) is 0 Å². The van der Waals surface area contributed by atoms with E-state index in [4.69, 9.17) is 0 Å². The molecule has 0 aliphatic carbocycles. The number of nitrogens with zero attached hydrogens (tertiary/aromatic N) is 2. The Labute approximate surface area is 133 Å². The molecule has 0 unspecified atom stereocenters. The third-order valence-corrected chi connectivity index (χ3v) is 4.47. The molecule has 2 N–H and O–H groups in total. The summed E-state index contributed by atoms with van der Waals surface area (Å²) in [7, 11) is 0. The monoisotopic (exact) mass is 314 g/mol. The standard InChI is InChI=1S/C17H19N3OS/c1-2-3-9-18-11-14-10-16(21)20-15(12-22-17(20)19-14)13-7-5-4-6-8-13/h4-8,10,12,18H,2-3,9,11H2,1H3/p+1. The van der Waals surface area contributed by atoms with Gasteiger partial charge in [-0.05, 0) is 12.0 Å². The first-order valence-electron chi connectivity index (χ1n) is 7.67. The summed E-state index contributed by atoms with van der Waals surface area (Å²) in [6.45, 7) is 4.03. The van der Waals surface area contributed by atoms with Crippen LogP contribution in [0.1, 0.15) is 25.5 Å². The van der Waals surface area contributed by atoms with Crippen LogP contribution in [0.4, 0.5) is 0 Å². The van der Waals surface area contributed by atoms with Crippen LogP contribution in [-0.2, 0) is 6.54 Å². The van der Waals surface area contributed by atoms with E-state index in [0.717, 1.165) is 35.0 Å². The molecule has 0 amide bonds. The number of rotatable bonds is 6. The number of quaternary nitrogens is 1. The topological polar surface area (TPSA) is 51.0 Å². The second kappa shape index (κ2) is 6.85. The van der Waals surface area contributed by atoms with Gasteiger partial charge in [0.2, 0.25) is 0 Å². The summed E-state index contributed by atoms with van der Waals surface area (Å²) in [6, 6.07) is 11.6. The molecule has 2 heterocycles. The first-order chi connectivity index (χ1) is 10.8. The molecule has 0 saturated carbocycles. The van der Waals surface area contributed by atoms with Gasteiger partial charge < -0.3 is 5.32 Å². The van der Waals surface area contributed by atoms with Crippen LogP contribution in [0, 0.1) is 0 Å². The van der Waals surface area contributed by atoms with Crippen molar-refractivity contribution < 1.29 is 5.32 Å². The number of unbranched alkanes of at least 4 members (excludes halogenated alkanes) is 1. The van der Waals surface area contributed by atoms with Gasteiger partial charge in [-0.25, -0.2) is 4.98 Å². The van der Waals surface area contributed by atoms with Gasteiger partial charge in [0.15, 0.2) is 4.96 Å². The normalized spacial score (nSPS) is 11.1. The van der Waals surface area contributed by atoms with Crippen LogP contribution in [0.2, 0.25) is 0 Å². The zero-order valence-electron chi connectivity index (χ0n) is 12.7. The Hall–Kier alpha value is -1.98. The lowest BCUT2D eigenvalue weighted by atomic mass is 10.2. The van der Waals surface area contributed by atoms with Crippen molar-refractivity contribution in [3.63, 3.8) is 0 Å². The maximum atomic E-state index is 12.5. The van der Waals surface area contributed by atoms with Gasteiger partial charge in [-0.15, -0.1) is 11.3 Å². The quantitative estimate of drug-likeness (QED) is 0.710. The Balaban J connectivity index is 1.92. The van der Waals surface area contributed by atoms with Crippen molar-refractivity contribution in [3.8, 4) is 11.3 Å². The highest BCUT2D eigenvalue weighted by molar-refractivity contribution is 7.15. The lowest BCUT2D eigenvalue weighted by Gasteiger charge is -2.03. The van der Waals surface area contributed by atoms with Crippen molar-refractivity contribution in [2.75, 3.05) is 6.54 Å². The smallest absolute Gasteiger partial charge is 0.259 e. The van der Waals surface area contributed by atoms with Crippen LogP contribution in [-0.4, -0.2) is 15.9 Å². The van der Waals surface area contributed by atoms with Crippen LogP contribution >= 0.6 is 11.3 Å². The van der Waals surface area contributed by atoms with E-state index in [2.05, 4.69) is 17.2 Å². The predicted molar refractivity (Wildman–Crippen MR) is 90.2 cm³/mol. The fourth-order valence-electron chi connectivity index (χ4n) is 2.48. The SMILES string of the molecule is CCCC[NH2+]Cc1cc(=O)n2c(-c3ccccc3)csc2n1. The minimum atomic E-state index is 0.00370. The molecule has 0 saturated heterocycles. The largest absolute Gasteiger partial charge is 0.341 e. The fraction of sp³-hybridized carbons (Fsp3) is 0.294. The van der Waals surface area contributed by atoms with Crippen LogP contribution in [0.15, 0.2) is 46.6 Å². The zero-order valence-corrected chi connectivity index (χ0v) is 13.5. The molecule has 3 aromatic rings. The van der Waals surface area contributed by atoms with Gasteiger partial charge >= 0.3 is 0 Å². The summed E-state index contributed by atoms with van der Waals surface area (Å²) in [5, 5.41) is 4.22. The van der Waals surface area contributed by atoms with E-state index in [-0.39, 0.29) is 5.56 Å². The first-order valence-corrected chi connectivity index (χ1v) is 8.55. The Bertz CT molecular complexity index is 808. The summed E-state index contributed by atoms with van der Waals surface area (Å²) in [6.07, 6.45) is 2.38. The lowest BCUT2D eigenvalue weighted by molar-refractivity contribution is -0.671. The lowest BCUT2D eigenvalue weighted by Crippen LogP contribution is -2.82. The Morgan fingerprint density at radius 2 is 2.09 bits per heavy atom. The van der Waals surface area contributed by atoms with Crippen LogP contribution in [0.25, 0.3) is 16.2 Å². The second-order valence-corrected chi connectivity index (χ2v) is 6.16. The average Bonchev–Trinajstić information content (AvgIpc) is 2.97. The molecule has 22 heavy (non-hydrogen) atoms. The van der Waals surface area contributed by atoms with Gasteiger partial charge in [0.1, 0.15) is 12.2 Å². The van der Waals surface area contributed by atoms with E-state index in [1.807, 2.05) is 35.7 Å². The van der Waals surface area contributed by atoms with Gasteiger partial charge in [-0.2, -0.15) is 0 Å². The van der Waals surface area contributed by atoms with Crippen molar-refractivity contribution >= 4 is 16.3 Å². The van der Waals surface area contributed by atoms with E-state index in [1.165, 1.54) is 24.2 Å². The minimum Gasteiger partial charge on any atom is -0.341 e. The summed E-state index contributed by atoms with van der Waals surface area (Å²) in [4.78, 5) is 17.9. The van der Waals surface area contributed by atoms with Crippen molar-refractivity contribution in [3.05, 3.63) is 57.8 Å². The summed E-state index contributed by atoms with van der Waals surface area (Å²) in [5.41, 5.74) is 2.83. The number of benzene rings is 1. The van der Waals surface area contributed by atoms with Crippen molar-refractivity contribution in [2.45, 2.75) is 26.3 Å². The fourth-order valence-corrected chi connectivity index (χ4v) is 3.40. The zero-order chi connectivity index (χ0) is 15.4. The third-order valence-electron chi connectivity index (χ3n) is 3.64. The van der Waals surface area contributed by atoms with Gasteiger partial charge in [0, 0.05) is 11.4 Å². The molecule has 114 valence electrons. The van der Waals surface area contributed by atoms with Crippen LogP contribution in [0.5, 0.6) is 0 Å². The molecule has 5 heteroatoms. The van der Waals surface area contributed by atoms with E-state index in [9.17, 15) is 4.79 Å². The highest BCUT2D eigenvalue weighted by Gasteiger charge is 2.11. The number of fused-ring (bicyclic) bond motifs is 1. The first kappa shape index (κ1) is 14.9. The molecule has 0 fully saturated rings. The molecule has 4 nitrogen and oxygen atoms in total. The number of nitrogens with two attached hydrogens (primary N) is 1. The molecule has 0 radical (unpaired) electrons. The molecular formula is C17H20N3OS+. The highest BCUT2D eigenvalue weighted by atomic mass is 32.1. The Morgan fingerprint density at radius 1 is 1.27 bits per heavy atom. The van der Waals surface area contributed by atoms with Crippen molar-refractivity contribution in [1.82, 2.24) is 9.38 Å². The molecular weight excluding hydrogens is 294 g/mol. The number of thiazole rings is 1. The molecule has 0 aliphatic heterocycles. The summed E-state index contributed by atoms with van der Waals surface area (Å²) < 4.78 is 1.70. The summed E-state index contributed by atoms with van der Waals surface area (Å²) >= 11 is 1.52. The average molecular weight is 314 g/mol. The Kier molecular flexibility index (Phi) is 4.65. The third kappa shape index (κ3) is 3.10. The molecule has 0 bridgehead atoms. The molecule has 1 aromatic carbocycles. The van der Waals surface area contributed by atoms with Crippen molar-refractivity contribution in [2.24, 2.45) is 0 Å². The molecule has 2 aromatic heterocycles. The second-order valence-electron chi connectivity index (χ2n) is 5.33. The molecule has 3 rings (SSSR count). The molecule has 0 atom stereocenters. The molecule has 0 spiro atoms. The van der Waals surface area contributed by atoms with Crippen LogP contribution in [0.3, 0.4) is 0 Å². The number of hydrogen-bond donors (Lipinski definition) is 1. The minimum absolute atomic E-state index is 0.00370. The van der Waals surface area contributed by atoms with E-state index in [1.54, 1.807) is 10.5 Å². The van der Waals surface area contributed by atoms with Gasteiger partial charge in [0.25, 0.3) is 5.56 Å². The summed E-state index contributed by atoms with van der Waals surface area (Å²) in [5.74, 6) is 0. The van der Waals surface area contributed by atoms with E-state index >= 15 is 0 Å². The van der Waals surface area contributed by atoms with Crippen LogP contribution < -0.4 is 10.9 Å². The molecule has 0 aliphatic rings. The van der Waals surface area contributed by atoms with Gasteiger partial charge in [-0.1, -0.05) is 43.7 Å². The number of aromatic nitrogens is 2. The Morgan fingerprint density at radius 3 is 2.86 bits per heavy atom. The maximum Gasteiger partial charge on any atom is 0.259 e. The van der Waals surface area contributed by atoms with E-state index < -0.39 is 0 Å².